The number of aromatic nitrogens is 2. The molecule has 1 aromatic heterocycles. The molecule has 0 fully saturated rings. The van der Waals surface area contributed by atoms with E-state index in [9.17, 15) is 18.8 Å². The van der Waals surface area contributed by atoms with E-state index in [-0.39, 0.29) is 17.5 Å². The number of amides is 2. The normalized spacial score (nSPS) is 12.6. The average Bonchev–Trinajstić information content (AvgIpc) is 3.14. The zero-order chi connectivity index (χ0) is 19.7. The van der Waals surface area contributed by atoms with Crippen molar-refractivity contribution < 1.29 is 14.0 Å². The van der Waals surface area contributed by atoms with Gasteiger partial charge in [0.05, 0.1) is 17.3 Å². The monoisotopic (exact) mass is 380 g/mol. The summed E-state index contributed by atoms with van der Waals surface area (Å²) in [5.74, 6) is -0.718. The Hall–Kier alpha value is -3.55. The Kier molecular flexibility index (Phi) is 4.60. The van der Waals surface area contributed by atoms with Gasteiger partial charge >= 0.3 is 0 Å². The van der Waals surface area contributed by atoms with Crippen molar-refractivity contribution in [3.05, 3.63) is 75.6 Å². The van der Waals surface area contributed by atoms with Crippen LogP contribution in [0.2, 0.25) is 0 Å². The summed E-state index contributed by atoms with van der Waals surface area (Å²) in [6, 6.07) is 10.3. The van der Waals surface area contributed by atoms with E-state index in [0.29, 0.717) is 23.0 Å². The molecule has 2 aromatic carbocycles. The Labute approximate surface area is 159 Å². The Morgan fingerprint density at radius 3 is 2.82 bits per heavy atom. The minimum atomic E-state index is -0.531. The van der Waals surface area contributed by atoms with Crippen molar-refractivity contribution in [2.24, 2.45) is 0 Å². The van der Waals surface area contributed by atoms with Crippen LogP contribution in [0.3, 0.4) is 0 Å². The molecule has 28 heavy (non-hydrogen) atoms. The molecule has 142 valence electrons. The van der Waals surface area contributed by atoms with Gasteiger partial charge in [0.2, 0.25) is 5.91 Å². The smallest absolute Gasteiger partial charge is 0.269 e. The largest absolute Gasteiger partial charge is 0.296 e. The number of benzene rings is 2. The van der Waals surface area contributed by atoms with E-state index in [1.54, 1.807) is 16.7 Å². The second-order valence-electron chi connectivity index (χ2n) is 6.63. The van der Waals surface area contributed by atoms with Gasteiger partial charge in [-0.15, -0.1) is 0 Å². The molecule has 8 heteroatoms. The number of rotatable bonds is 3. The number of carbonyl (C=O) groups is 2. The van der Waals surface area contributed by atoms with Gasteiger partial charge in [-0.1, -0.05) is 12.1 Å². The van der Waals surface area contributed by atoms with Crippen LogP contribution in [0.25, 0.3) is 10.9 Å². The molecule has 1 aliphatic rings. The molecule has 0 aliphatic carbocycles. The number of nitrogens with one attached hydrogen (secondary N) is 2. The maximum absolute atomic E-state index is 13.2. The van der Waals surface area contributed by atoms with Gasteiger partial charge < -0.3 is 0 Å². The average molecular weight is 380 g/mol. The van der Waals surface area contributed by atoms with E-state index in [1.807, 2.05) is 0 Å². The summed E-state index contributed by atoms with van der Waals surface area (Å²) >= 11 is 0. The van der Waals surface area contributed by atoms with Gasteiger partial charge in [-0.3, -0.25) is 29.8 Å². The van der Waals surface area contributed by atoms with Crippen molar-refractivity contribution in [3.63, 3.8) is 0 Å². The molecule has 3 aromatic rings. The lowest BCUT2D eigenvalue weighted by atomic mass is 10.1. The van der Waals surface area contributed by atoms with Crippen LogP contribution in [-0.2, 0) is 24.2 Å². The molecule has 2 N–H and O–H groups in total. The third-order valence-corrected chi connectivity index (χ3v) is 4.65. The molecule has 4 rings (SSSR count). The van der Waals surface area contributed by atoms with Gasteiger partial charge in [-0.2, -0.15) is 0 Å². The highest BCUT2D eigenvalue weighted by molar-refractivity contribution is 5.98. The minimum Gasteiger partial charge on any atom is -0.296 e. The number of nitrogens with zero attached hydrogens (tertiary/aromatic N) is 2. The van der Waals surface area contributed by atoms with Crippen LogP contribution in [0.5, 0.6) is 0 Å². The van der Waals surface area contributed by atoms with Gasteiger partial charge in [0.1, 0.15) is 11.6 Å². The standard InChI is InChI=1S/C20H17FN4O3/c21-14-4-1-3-12(9-14)10-18(26)23-24-19(27)13-6-7-15-16(11-13)22-17-5-2-8-25(17)20(15)28/h1,3-4,6-7,9,11H,2,5,8,10H2,(H,23,26)(H,24,27). The predicted octanol–water partition coefficient (Wildman–Crippen LogP) is 1.49. The van der Waals surface area contributed by atoms with Crippen LogP contribution in [-0.4, -0.2) is 21.4 Å². The zero-order valence-electron chi connectivity index (χ0n) is 14.9. The van der Waals surface area contributed by atoms with E-state index in [4.69, 9.17) is 0 Å². The Bertz CT molecular complexity index is 1160. The van der Waals surface area contributed by atoms with Gasteiger partial charge in [0, 0.05) is 18.5 Å². The molecule has 1 aliphatic heterocycles. The van der Waals surface area contributed by atoms with Crippen molar-refractivity contribution >= 4 is 22.7 Å². The highest BCUT2D eigenvalue weighted by Crippen LogP contribution is 2.16. The molecule has 7 nitrogen and oxygen atoms in total. The molecule has 2 amide bonds. The van der Waals surface area contributed by atoms with Crippen LogP contribution in [0.15, 0.2) is 47.3 Å². The van der Waals surface area contributed by atoms with E-state index in [2.05, 4.69) is 15.8 Å². The van der Waals surface area contributed by atoms with Gasteiger partial charge in [-0.25, -0.2) is 9.37 Å². The van der Waals surface area contributed by atoms with Crippen LogP contribution >= 0.6 is 0 Å². The van der Waals surface area contributed by atoms with Crippen LogP contribution < -0.4 is 16.4 Å². The van der Waals surface area contributed by atoms with E-state index >= 15 is 0 Å². The molecule has 0 unspecified atom stereocenters. The van der Waals surface area contributed by atoms with Crippen molar-refractivity contribution in [1.29, 1.82) is 0 Å². The molecule has 0 radical (unpaired) electrons. The van der Waals surface area contributed by atoms with Crippen LogP contribution in [0.1, 0.15) is 28.2 Å². The number of hydrazine groups is 1. The lowest BCUT2D eigenvalue weighted by Gasteiger charge is -2.09. The molecule has 2 heterocycles. The summed E-state index contributed by atoms with van der Waals surface area (Å²) in [6.07, 6.45) is 1.54. The fraction of sp³-hybridized carbons (Fsp3) is 0.200. The summed E-state index contributed by atoms with van der Waals surface area (Å²) in [5.41, 5.74) is 5.74. The lowest BCUT2D eigenvalue weighted by molar-refractivity contribution is -0.121. The lowest BCUT2D eigenvalue weighted by Crippen LogP contribution is -2.42. The maximum atomic E-state index is 13.2. The fourth-order valence-electron chi connectivity index (χ4n) is 3.30. The second kappa shape index (κ2) is 7.22. The third-order valence-electron chi connectivity index (χ3n) is 4.65. The zero-order valence-corrected chi connectivity index (χ0v) is 14.9. The summed E-state index contributed by atoms with van der Waals surface area (Å²) in [6.45, 7) is 0.663. The van der Waals surface area contributed by atoms with Crippen molar-refractivity contribution in [1.82, 2.24) is 20.4 Å². The van der Waals surface area contributed by atoms with Gasteiger partial charge in [-0.05, 0) is 42.3 Å². The van der Waals surface area contributed by atoms with Gasteiger partial charge in [0.25, 0.3) is 11.5 Å². The number of fused-ring (bicyclic) bond motifs is 2. The molecule has 0 spiro atoms. The molecule has 0 bridgehead atoms. The summed E-state index contributed by atoms with van der Waals surface area (Å²) < 4.78 is 14.8. The minimum absolute atomic E-state index is 0.0692. The first-order valence-corrected chi connectivity index (χ1v) is 8.88. The van der Waals surface area contributed by atoms with Crippen LogP contribution in [0, 0.1) is 5.82 Å². The third kappa shape index (κ3) is 3.48. The number of halogens is 1. The van der Waals surface area contributed by atoms with Crippen LogP contribution in [0.4, 0.5) is 4.39 Å². The Morgan fingerprint density at radius 2 is 2.00 bits per heavy atom. The summed E-state index contributed by atoms with van der Waals surface area (Å²) in [7, 11) is 0. The quantitative estimate of drug-likeness (QED) is 0.674. The number of hydrogen-bond acceptors (Lipinski definition) is 4. The molecule has 0 atom stereocenters. The second-order valence-corrected chi connectivity index (χ2v) is 6.63. The predicted molar refractivity (Wildman–Crippen MR) is 100 cm³/mol. The Balaban J connectivity index is 1.46. The topological polar surface area (TPSA) is 93.1 Å². The van der Waals surface area contributed by atoms with Crippen molar-refractivity contribution in [2.75, 3.05) is 0 Å². The SMILES string of the molecule is O=C(Cc1cccc(F)c1)NNC(=O)c1ccc2c(=O)n3c(nc2c1)CCC3. The Morgan fingerprint density at radius 1 is 1.14 bits per heavy atom. The van der Waals surface area contributed by atoms with E-state index in [1.165, 1.54) is 30.3 Å². The van der Waals surface area contributed by atoms with E-state index < -0.39 is 17.6 Å². The first kappa shape index (κ1) is 17.8. The molecule has 0 saturated carbocycles. The molecular weight excluding hydrogens is 363 g/mol. The van der Waals surface area contributed by atoms with Crippen molar-refractivity contribution in [3.8, 4) is 0 Å². The number of hydrogen-bond donors (Lipinski definition) is 2. The summed E-state index contributed by atoms with van der Waals surface area (Å²) in [4.78, 5) is 41.2. The number of aryl methyl sites for hydroxylation is 1. The van der Waals surface area contributed by atoms with Gasteiger partial charge in [0.15, 0.2) is 0 Å². The number of carbonyl (C=O) groups excluding carboxylic acids is 2. The van der Waals surface area contributed by atoms with Crippen molar-refractivity contribution in [2.45, 2.75) is 25.8 Å². The maximum Gasteiger partial charge on any atom is 0.269 e. The molecular formula is C20H17FN4O3. The first-order valence-electron chi connectivity index (χ1n) is 8.88. The molecule has 0 saturated heterocycles. The highest BCUT2D eigenvalue weighted by Gasteiger charge is 2.17. The summed E-state index contributed by atoms with van der Waals surface area (Å²) in [5, 5.41) is 0.456. The highest BCUT2D eigenvalue weighted by atomic mass is 19.1. The fourth-order valence-corrected chi connectivity index (χ4v) is 3.30. The van der Waals surface area contributed by atoms with E-state index in [0.717, 1.165) is 18.7 Å². The first-order chi connectivity index (χ1) is 13.5.